The van der Waals surface area contributed by atoms with Crippen molar-refractivity contribution < 1.29 is 5.11 Å². The highest BCUT2D eigenvalue weighted by Gasteiger charge is 2.00. The molecule has 0 aliphatic carbocycles. The molecule has 0 aliphatic heterocycles. The van der Waals surface area contributed by atoms with Crippen LogP contribution in [0, 0.1) is 0 Å². The first-order chi connectivity index (χ1) is 4.88. The van der Waals surface area contributed by atoms with Gasteiger partial charge in [0.05, 0.1) is 0 Å². The third-order valence-electron chi connectivity index (χ3n) is 1.25. The third kappa shape index (κ3) is 0.657. The molecule has 1 aromatic heterocycles. The highest BCUT2D eigenvalue weighted by atomic mass is 32.1. The van der Waals surface area contributed by atoms with Crippen molar-refractivity contribution in [3.63, 3.8) is 0 Å². The summed E-state index contributed by atoms with van der Waals surface area (Å²) in [6.45, 7) is 0. The zero-order valence-corrected chi connectivity index (χ0v) is 5.80. The smallest absolute Gasteiger partial charge is 0.136 e. The molecule has 0 atom stereocenters. The lowest BCUT2D eigenvalue weighted by Gasteiger charge is -1.87. The van der Waals surface area contributed by atoms with Crippen LogP contribution in [0.2, 0.25) is 0 Å². The molecule has 2 rings (SSSR count). The van der Waals surface area contributed by atoms with Gasteiger partial charge < -0.3 is 5.11 Å². The molecule has 0 radical (unpaired) electrons. The lowest BCUT2D eigenvalue weighted by molar-refractivity contribution is 0.482. The van der Waals surface area contributed by atoms with E-state index >= 15 is 0 Å². The Labute approximate surface area is 61.1 Å². The molecule has 0 fully saturated rings. The van der Waals surface area contributed by atoms with Crippen LogP contribution in [0.1, 0.15) is 0 Å². The molecule has 4 heteroatoms. The van der Waals surface area contributed by atoms with Crippen LogP contribution in [0.5, 0.6) is 5.75 Å². The van der Waals surface area contributed by atoms with Crippen LogP contribution in [0.3, 0.4) is 0 Å². The highest BCUT2D eigenvalue weighted by Crippen LogP contribution is 2.24. The first-order valence-electron chi connectivity index (χ1n) is 2.78. The molecule has 1 heterocycles. The van der Waals surface area contributed by atoms with E-state index in [1.54, 1.807) is 12.1 Å². The zero-order chi connectivity index (χ0) is 6.97. The first kappa shape index (κ1) is 5.61. The summed E-state index contributed by atoms with van der Waals surface area (Å²) in [4.78, 5) is 0. The van der Waals surface area contributed by atoms with Gasteiger partial charge in [-0.2, -0.15) is 0 Å². The van der Waals surface area contributed by atoms with Crippen LogP contribution in [0.4, 0.5) is 0 Å². The number of aromatic nitrogens is 2. The molecule has 3 nitrogen and oxygen atoms in total. The maximum atomic E-state index is 9.19. The van der Waals surface area contributed by atoms with Gasteiger partial charge >= 0.3 is 0 Å². The Bertz CT molecular complexity index is 357. The van der Waals surface area contributed by atoms with E-state index in [0.717, 1.165) is 10.2 Å². The van der Waals surface area contributed by atoms with Crippen LogP contribution >= 0.6 is 11.5 Å². The lowest BCUT2D eigenvalue weighted by Crippen LogP contribution is -1.66. The van der Waals surface area contributed by atoms with Crippen molar-refractivity contribution in [1.29, 1.82) is 0 Å². The van der Waals surface area contributed by atoms with Crippen molar-refractivity contribution >= 4 is 21.7 Å². The Morgan fingerprint density at radius 1 is 1.40 bits per heavy atom. The Morgan fingerprint density at radius 2 is 2.30 bits per heavy atom. The molecule has 0 spiro atoms. The fourth-order valence-electron chi connectivity index (χ4n) is 0.790. The van der Waals surface area contributed by atoms with E-state index in [9.17, 15) is 5.11 Å². The second-order valence-electron chi connectivity index (χ2n) is 1.90. The summed E-state index contributed by atoms with van der Waals surface area (Å²) in [5.74, 6) is 0.257. The van der Waals surface area contributed by atoms with Crippen molar-refractivity contribution in [3.8, 4) is 5.75 Å². The fourth-order valence-corrected chi connectivity index (χ4v) is 1.36. The third-order valence-corrected chi connectivity index (χ3v) is 2.02. The quantitative estimate of drug-likeness (QED) is 0.620. The fraction of sp³-hybridized carbons (Fsp3) is 0. The number of rotatable bonds is 0. The molecule has 50 valence electrons. The summed E-state index contributed by atoms with van der Waals surface area (Å²) in [6, 6.07) is 5.19. The van der Waals surface area contributed by atoms with E-state index in [1.807, 2.05) is 6.07 Å². The van der Waals surface area contributed by atoms with Gasteiger partial charge in [0.15, 0.2) is 0 Å². The number of nitrogens with zero attached hydrogens (tertiary/aromatic N) is 2. The number of phenols is 1. The van der Waals surface area contributed by atoms with Crippen molar-refractivity contribution in [3.05, 3.63) is 18.2 Å². The summed E-state index contributed by atoms with van der Waals surface area (Å²) >= 11 is 1.20. The van der Waals surface area contributed by atoms with Crippen molar-refractivity contribution in [2.75, 3.05) is 0 Å². The van der Waals surface area contributed by atoms with Crippen LogP contribution in [-0.2, 0) is 0 Å². The van der Waals surface area contributed by atoms with E-state index < -0.39 is 0 Å². The largest absolute Gasteiger partial charge is 0.506 e. The van der Waals surface area contributed by atoms with Gasteiger partial charge in [-0.25, -0.2) is 0 Å². The average molecular weight is 152 g/mol. The first-order valence-corrected chi connectivity index (χ1v) is 3.55. The predicted molar refractivity (Wildman–Crippen MR) is 39.1 cm³/mol. The van der Waals surface area contributed by atoms with Gasteiger partial charge in [-0.15, -0.1) is 5.10 Å². The van der Waals surface area contributed by atoms with Gasteiger partial charge in [0.1, 0.15) is 16.0 Å². The second kappa shape index (κ2) is 1.91. The van der Waals surface area contributed by atoms with Crippen molar-refractivity contribution in [1.82, 2.24) is 9.59 Å². The Morgan fingerprint density at radius 3 is 3.10 bits per heavy atom. The van der Waals surface area contributed by atoms with Gasteiger partial charge in [-0.1, -0.05) is 10.6 Å². The van der Waals surface area contributed by atoms with Gasteiger partial charge in [0, 0.05) is 0 Å². The minimum Gasteiger partial charge on any atom is -0.506 e. The Hall–Kier alpha value is -1.16. The lowest BCUT2D eigenvalue weighted by atomic mass is 10.3. The van der Waals surface area contributed by atoms with E-state index in [4.69, 9.17) is 0 Å². The van der Waals surface area contributed by atoms with E-state index in [0.29, 0.717) is 0 Å². The van der Waals surface area contributed by atoms with Crippen LogP contribution in [0.25, 0.3) is 10.2 Å². The van der Waals surface area contributed by atoms with Gasteiger partial charge in [-0.3, -0.25) is 0 Å². The maximum Gasteiger partial charge on any atom is 0.136 e. The van der Waals surface area contributed by atoms with Crippen LogP contribution in [-0.4, -0.2) is 14.7 Å². The number of hydrogen-bond donors (Lipinski definition) is 1. The Balaban J connectivity index is 2.95. The number of fused-ring (bicyclic) bond motifs is 1. The SMILES string of the molecule is Oc1cccc2nnsc12. The predicted octanol–water partition coefficient (Wildman–Crippen LogP) is 1.40. The summed E-state index contributed by atoms with van der Waals surface area (Å²) < 4.78 is 4.45. The molecule has 0 amide bonds. The highest BCUT2D eigenvalue weighted by molar-refractivity contribution is 7.13. The number of phenolic OH excluding ortho intramolecular Hbond substituents is 1. The Kier molecular flexibility index (Phi) is 1.07. The van der Waals surface area contributed by atoms with Gasteiger partial charge in [0.25, 0.3) is 0 Å². The topological polar surface area (TPSA) is 46.0 Å². The number of hydrogen-bond acceptors (Lipinski definition) is 4. The summed E-state index contributed by atoms with van der Waals surface area (Å²) in [7, 11) is 0. The summed E-state index contributed by atoms with van der Waals surface area (Å²) in [5.41, 5.74) is 0.755. The molecule has 0 saturated heterocycles. The molecule has 1 aromatic carbocycles. The molecule has 0 aliphatic rings. The van der Waals surface area contributed by atoms with E-state index in [1.165, 1.54) is 11.5 Å². The second-order valence-corrected chi connectivity index (χ2v) is 2.65. The molecule has 2 aromatic rings. The monoisotopic (exact) mass is 152 g/mol. The summed E-state index contributed by atoms with van der Waals surface area (Å²) in [6.07, 6.45) is 0. The standard InChI is InChI=1S/C6H4N2OS/c9-5-3-1-2-4-6(5)10-8-7-4/h1-3,9H. The number of benzene rings is 1. The molecular formula is C6H4N2OS. The van der Waals surface area contributed by atoms with Crippen molar-refractivity contribution in [2.45, 2.75) is 0 Å². The minimum atomic E-state index is 0.257. The average Bonchev–Trinajstić information content (AvgIpc) is 2.36. The van der Waals surface area contributed by atoms with Crippen LogP contribution in [0.15, 0.2) is 18.2 Å². The minimum absolute atomic E-state index is 0.257. The molecule has 10 heavy (non-hydrogen) atoms. The van der Waals surface area contributed by atoms with Crippen LogP contribution < -0.4 is 0 Å². The van der Waals surface area contributed by atoms with Crippen molar-refractivity contribution in [2.24, 2.45) is 0 Å². The number of aromatic hydroxyl groups is 1. The molecule has 0 saturated carbocycles. The molecule has 0 unspecified atom stereocenters. The van der Waals surface area contributed by atoms with Gasteiger partial charge in [-0.05, 0) is 23.7 Å². The molecular weight excluding hydrogens is 148 g/mol. The van der Waals surface area contributed by atoms with E-state index in [-0.39, 0.29) is 5.75 Å². The normalized spacial score (nSPS) is 10.4. The van der Waals surface area contributed by atoms with Gasteiger partial charge in [0.2, 0.25) is 0 Å². The molecule has 1 N–H and O–H groups in total. The molecule has 0 bridgehead atoms. The zero-order valence-electron chi connectivity index (χ0n) is 4.98. The maximum absolute atomic E-state index is 9.19. The summed E-state index contributed by atoms with van der Waals surface area (Å²) in [5, 5.41) is 13.0. The van der Waals surface area contributed by atoms with E-state index in [2.05, 4.69) is 9.59 Å².